The molecule has 0 saturated carbocycles. The van der Waals surface area contributed by atoms with E-state index in [9.17, 15) is 0 Å². The number of hydrogen-bond acceptors (Lipinski definition) is 2. The Kier molecular flexibility index (Phi) is 1.42. The summed E-state index contributed by atoms with van der Waals surface area (Å²) in [6.45, 7) is 0.875. The summed E-state index contributed by atoms with van der Waals surface area (Å²) in [6, 6.07) is 8.34. The largest absolute Gasteiger partial charge is 0.380 e. The fraction of sp³-hybridized carbons (Fsp3) is 0.182. The summed E-state index contributed by atoms with van der Waals surface area (Å²) in [5, 5.41) is 7.65. The van der Waals surface area contributed by atoms with E-state index in [1.807, 2.05) is 24.0 Å². The Morgan fingerprint density at radius 3 is 3.14 bits per heavy atom. The summed E-state index contributed by atoms with van der Waals surface area (Å²) in [5.41, 5.74) is 4.95. The van der Waals surface area contributed by atoms with Gasteiger partial charge in [-0.15, -0.1) is 0 Å². The van der Waals surface area contributed by atoms with Crippen molar-refractivity contribution in [3.63, 3.8) is 0 Å². The van der Waals surface area contributed by atoms with E-state index in [1.165, 1.54) is 22.5 Å². The van der Waals surface area contributed by atoms with Crippen LogP contribution in [0.2, 0.25) is 0 Å². The van der Waals surface area contributed by atoms with Crippen LogP contribution >= 0.6 is 0 Å². The highest BCUT2D eigenvalue weighted by Gasteiger charge is 2.18. The highest BCUT2D eigenvalue weighted by Crippen LogP contribution is 2.34. The zero-order valence-corrected chi connectivity index (χ0v) is 7.99. The Balaban J connectivity index is 2.32. The molecule has 3 nitrogen and oxygen atoms in total. The lowest BCUT2D eigenvalue weighted by Gasteiger charge is -2.18. The number of rotatable bonds is 0. The van der Waals surface area contributed by atoms with Crippen LogP contribution in [0.15, 0.2) is 30.5 Å². The van der Waals surface area contributed by atoms with Gasteiger partial charge in [-0.3, -0.25) is 4.68 Å². The number of benzene rings is 1. The molecule has 0 saturated heterocycles. The van der Waals surface area contributed by atoms with Gasteiger partial charge in [0.15, 0.2) is 0 Å². The first kappa shape index (κ1) is 7.62. The molecule has 0 amide bonds. The molecule has 0 fully saturated rings. The van der Waals surface area contributed by atoms with Crippen molar-refractivity contribution in [1.29, 1.82) is 0 Å². The Labute approximate surface area is 82.4 Å². The summed E-state index contributed by atoms with van der Waals surface area (Å²) in [5.74, 6) is 0. The minimum absolute atomic E-state index is 0.875. The molecule has 70 valence electrons. The minimum Gasteiger partial charge on any atom is -0.380 e. The van der Waals surface area contributed by atoms with Crippen molar-refractivity contribution >= 4 is 5.69 Å². The van der Waals surface area contributed by atoms with Gasteiger partial charge in [-0.1, -0.05) is 18.2 Å². The first-order chi connectivity index (χ1) is 6.86. The summed E-state index contributed by atoms with van der Waals surface area (Å²) in [6.07, 6.45) is 1.93. The van der Waals surface area contributed by atoms with Gasteiger partial charge >= 0.3 is 0 Å². The summed E-state index contributed by atoms with van der Waals surface area (Å²) in [7, 11) is 1.99. The van der Waals surface area contributed by atoms with E-state index in [-0.39, 0.29) is 0 Å². The maximum atomic E-state index is 4.27. The van der Waals surface area contributed by atoms with Crippen LogP contribution in [0, 0.1) is 0 Å². The Morgan fingerprint density at radius 1 is 1.36 bits per heavy atom. The maximum Gasteiger partial charge on any atom is 0.0749 e. The van der Waals surface area contributed by atoms with Gasteiger partial charge in [0.2, 0.25) is 0 Å². The van der Waals surface area contributed by atoms with Crippen molar-refractivity contribution in [1.82, 2.24) is 9.78 Å². The van der Waals surface area contributed by atoms with E-state index in [2.05, 4.69) is 28.6 Å². The maximum absolute atomic E-state index is 4.27. The third-order valence-electron chi connectivity index (χ3n) is 2.67. The number of para-hydroxylation sites is 1. The summed E-state index contributed by atoms with van der Waals surface area (Å²) >= 11 is 0. The fourth-order valence-electron chi connectivity index (χ4n) is 1.99. The molecule has 0 bridgehead atoms. The Hall–Kier alpha value is -1.77. The zero-order chi connectivity index (χ0) is 9.54. The van der Waals surface area contributed by atoms with Crippen LogP contribution < -0.4 is 5.32 Å². The molecule has 2 heterocycles. The van der Waals surface area contributed by atoms with Crippen LogP contribution in [0.25, 0.3) is 11.3 Å². The second-order valence-electron chi connectivity index (χ2n) is 3.54. The first-order valence-electron chi connectivity index (χ1n) is 4.70. The topological polar surface area (TPSA) is 29.9 Å². The van der Waals surface area contributed by atoms with Crippen LogP contribution in [0.5, 0.6) is 0 Å². The molecule has 0 aliphatic carbocycles. The first-order valence-corrected chi connectivity index (χ1v) is 4.70. The van der Waals surface area contributed by atoms with Gasteiger partial charge in [-0.05, 0) is 6.07 Å². The molecule has 1 aromatic heterocycles. The lowest BCUT2D eigenvalue weighted by molar-refractivity contribution is 0.774. The van der Waals surface area contributed by atoms with Crippen molar-refractivity contribution in [2.24, 2.45) is 7.05 Å². The molecule has 0 spiro atoms. The standard InChI is InChI=1S/C11H11N3/c1-14-11-8(7-13-14)6-12-10-5-3-2-4-9(10)11/h2-5,7,12H,6H2,1H3. The van der Waals surface area contributed by atoms with Crippen molar-refractivity contribution in [2.45, 2.75) is 6.54 Å². The van der Waals surface area contributed by atoms with E-state index in [0.29, 0.717) is 0 Å². The van der Waals surface area contributed by atoms with E-state index >= 15 is 0 Å². The molecule has 3 heteroatoms. The SMILES string of the molecule is Cn1ncc2c1-c1ccccc1NC2. The molecule has 1 aliphatic rings. The van der Waals surface area contributed by atoms with Gasteiger partial charge in [-0.2, -0.15) is 5.10 Å². The Bertz CT molecular complexity index is 485. The van der Waals surface area contributed by atoms with Crippen LogP contribution in [0.1, 0.15) is 5.56 Å². The normalized spacial score (nSPS) is 12.9. The quantitative estimate of drug-likeness (QED) is 0.680. The summed E-state index contributed by atoms with van der Waals surface area (Å²) < 4.78 is 1.94. The average molecular weight is 185 g/mol. The smallest absolute Gasteiger partial charge is 0.0749 e. The zero-order valence-electron chi connectivity index (χ0n) is 7.99. The van der Waals surface area contributed by atoms with Crippen LogP contribution in [-0.4, -0.2) is 9.78 Å². The molecule has 1 aromatic carbocycles. The molecule has 2 aromatic rings. The van der Waals surface area contributed by atoms with Gasteiger partial charge in [0.05, 0.1) is 11.9 Å². The number of fused-ring (bicyclic) bond motifs is 3. The second kappa shape index (κ2) is 2.61. The molecule has 1 aliphatic heterocycles. The molecule has 0 radical (unpaired) electrons. The molecule has 1 N–H and O–H groups in total. The van der Waals surface area contributed by atoms with Crippen LogP contribution in [0.3, 0.4) is 0 Å². The van der Waals surface area contributed by atoms with E-state index in [0.717, 1.165) is 6.54 Å². The molecule has 14 heavy (non-hydrogen) atoms. The van der Waals surface area contributed by atoms with E-state index in [1.54, 1.807) is 0 Å². The third-order valence-corrected chi connectivity index (χ3v) is 2.67. The number of aryl methyl sites for hydroxylation is 1. The molecular weight excluding hydrogens is 174 g/mol. The van der Waals surface area contributed by atoms with Crippen molar-refractivity contribution < 1.29 is 0 Å². The van der Waals surface area contributed by atoms with Gasteiger partial charge in [0.1, 0.15) is 0 Å². The number of nitrogens with zero attached hydrogens (tertiary/aromatic N) is 2. The van der Waals surface area contributed by atoms with Crippen molar-refractivity contribution in [3.05, 3.63) is 36.0 Å². The molecule has 3 rings (SSSR count). The lowest BCUT2D eigenvalue weighted by Crippen LogP contribution is -2.08. The number of anilines is 1. The predicted octanol–water partition coefficient (Wildman–Crippen LogP) is 2.01. The van der Waals surface area contributed by atoms with E-state index in [4.69, 9.17) is 0 Å². The van der Waals surface area contributed by atoms with Crippen LogP contribution in [-0.2, 0) is 13.6 Å². The molecular formula is C11H11N3. The highest BCUT2D eigenvalue weighted by molar-refractivity contribution is 5.80. The van der Waals surface area contributed by atoms with Crippen LogP contribution in [0.4, 0.5) is 5.69 Å². The number of aromatic nitrogens is 2. The monoisotopic (exact) mass is 185 g/mol. The van der Waals surface area contributed by atoms with E-state index < -0.39 is 0 Å². The fourth-order valence-corrected chi connectivity index (χ4v) is 1.99. The van der Waals surface area contributed by atoms with Gasteiger partial charge < -0.3 is 5.32 Å². The average Bonchev–Trinajstić information content (AvgIpc) is 2.61. The number of hydrogen-bond donors (Lipinski definition) is 1. The van der Waals surface area contributed by atoms with Crippen molar-refractivity contribution in [3.8, 4) is 11.3 Å². The minimum atomic E-state index is 0.875. The summed E-state index contributed by atoms with van der Waals surface area (Å²) in [4.78, 5) is 0. The number of nitrogens with one attached hydrogen (secondary N) is 1. The van der Waals surface area contributed by atoms with Gasteiger partial charge in [0.25, 0.3) is 0 Å². The Morgan fingerprint density at radius 2 is 2.21 bits per heavy atom. The lowest BCUT2D eigenvalue weighted by atomic mass is 10.0. The van der Waals surface area contributed by atoms with Gasteiger partial charge in [0, 0.05) is 30.4 Å². The molecule has 0 atom stereocenters. The molecule has 0 unspecified atom stereocenters. The predicted molar refractivity (Wildman–Crippen MR) is 56.0 cm³/mol. The van der Waals surface area contributed by atoms with Gasteiger partial charge in [-0.25, -0.2) is 0 Å². The highest BCUT2D eigenvalue weighted by atomic mass is 15.3. The third kappa shape index (κ3) is 0.894. The second-order valence-corrected chi connectivity index (χ2v) is 3.54. The van der Waals surface area contributed by atoms with Crippen molar-refractivity contribution in [2.75, 3.05) is 5.32 Å².